The summed E-state index contributed by atoms with van der Waals surface area (Å²) in [4.78, 5) is 0. The summed E-state index contributed by atoms with van der Waals surface area (Å²) >= 11 is 5.88. The van der Waals surface area contributed by atoms with Crippen molar-refractivity contribution >= 4 is 11.6 Å². The largest absolute Gasteiger partial charge is 0.372 e. The van der Waals surface area contributed by atoms with Crippen molar-refractivity contribution in [3.63, 3.8) is 0 Å². The third-order valence-corrected chi connectivity index (χ3v) is 4.03. The highest BCUT2D eigenvalue weighted by molar-refractivity contribution is 6.31. The molecule has 1 saturated heterocycles. The number of halogens is 2. The molecule has 4 heteroatoms. The van der Waals surface area contributed by atoms with Crippen LogP contribution in [0.1, 0.15) is 12.0 Å². The first-order valence-electron chi connectivity index (χ1n) is 7.09. The Bertz CT molecular complexity index is 626. The Labute approximate surface area is 128 Å². The standard InChI is InChI=1S/C17H17ClFNO/c18-16-9-12(5-6-17(16)19)15-4-2-1-3-13(15)11-21-14-7-8-20-10-14/h1-6,9,14,20H,7-8,10-11H2/t14-/m0/s1. The van der Waals surface area contributed by atoms with Gasteiger partial charge in [-0.3, -0.25) is 0 Å². The Balaban J connectivity index is 1.82. The molecule has 1 aliphatic heterocycles. The molecule has 0 unspecified atom stereocenters. The van der Waals surface area contributed by atoms with E-state index in [1.807, 2.05) is 24.3 Å². The maximum absolute atomic E-state index is 13.3. The molecule has 3 rings (SSSR count). The third-order valence-electron chi connectivity index (χ3n) is 3.74. The molecule has 0 spiro atoms. The van der Waals surface area contributed by atoms with Crippen molar-refractivity contribution in [1.82, 2.24) is 5.32 Å². The van der Waals surface area contributed by atoms with E-state index in [1.165, 1.54) is 6.07 Å². The van der Waals surface area contributed by atoms with Gasteiger partial charge in [-0.15, -0.1) is 0 Å². The van der Waals surface area contributed by atoms with Crippen LogP contribution >= 0.6 is 11.6 Å². The zero-order valence-electron chi connectivity index (χ0n) is 11.6. The van der Waals surface area contributed by atoms with Gasteiger partial charge in [0.25, 0.3) is 0 Å². The minimum atomic E-state index is -0.397. The van der Waals surface area contributed by atoms with Gasteiger partial charge in [0, 0.05) is 6.54 Å². The molecule has 0 saturated carbocycles. The van der Waals surface area contributed by atoms with Crippen LogP contribution in [0.15, 0.2) is 42.5 Å². The highest BCUT2D eigenvalue weighted by Crippen LogP contribution is 2.28. The molecule has 1 N–H and O–H groups in total. The maximum atomic E-state index is 13.3. The van der Waals surface area contributed by atoms with Crippen LogP contribution in [0.25, 0.3) is 11.1 Å². The summed E-state index contributed by atoms with van der Waals surface area (Å²) in [5.74, 6) is -0.397. The van der Waals surface area contributed by atoms with E-state index in [9.17, 15) is 4.39 Å². The van der Waals surface area contributed by atoms with Gasteiger partial charge in [0.05, 0.1) is 17.7 Å². The Kier molecular flexibility index (Phi) is 4.54. The summed E-state index contributed by atoms with van der Waals surface area (Å²) in [5, 5.41) is 3.43. The van der Waals surface area contributed by atoms with Crippen LogP contribution in [-0.2, 0) is 11.3 Å². The van der Waals surface area contributed by atoms with Crippen LogP contribution in [0, 0.1) is 5.82 Å². The summed E-state index contributed by atoms with van der Waals surface area (Å²) in [7, 11) is 0. The number of ether oxygens (including phenoxy) is 1. The molecule has 0 radical (unpaired) electrons. The van der Waals surface area contributed by atoms with Gasteiger partial charge in [-0.1, -0.05) is 41.9 Å². The predicted molar refractivity (Wildman–Crippen MR) is 82.9 cm³/mol. The number of nitrogens with one attached hydrogen (secondary N) is 1. The van der Waals surface area contributed by atoms with Crippen molar-refractivity contribution in [1.29, 1.82) is 0 Å². The van der Waals surface area contributed by atoms with Gasteiger partial charge in [-0.2, -0.15) is 0 Å². The van der Waals surface area contributed by atoms with E-state index in [-0.39, 0.29) is 11.1 Å². The molecule has 2 nitrogen and oxygen atoms in total. The maximum Gasteiger partial charge on any atom is 0.141 e. The fraction of sp³-hybridized carbons (Fsp3) is 0.294. The number of rotatable bonds is 4. The SMILES string of the molecule is Fc1ccc(-c2ccccc2CO[C@H]2CCNC2)cc1Cl. The smallest absolute Gasteiger partial charge is 0.141 e. The Morgan fingerprint density at radius 2 is 2.10 bits per heavy atom. The van der Waals surface area contributed by atoms with Crippen molar-refractivity contribution in [2.24, 2.45) is 0 Å². The molecule has 2 aromatic carbocycles. The van der Waals surface area contributed by atoms with E-state index in [4.69, 9.17) is 16.3 Å². The first-order valence-corrected chi connectivity index (χ1v) is 7.47. The zero-order chi connectivity index (χ0) is 14.7. The summed E-state index contributed by atoms with van der Waals surface area (Å²) in [6.45, 7) is 2.47. The molecule has 21 heavy (non-hydrogen) atoms. The summed E-state index contributed by atoms with van der Waals surface area (Å²) < 4.78 is 19.2. The predicted octanol–water partition coefficient (Wildman–Crippen LogP) is 4.02. The molecule has 2 aromatic rings. The molecule has 1 atom stereocenters. The summed E-state index contributed by atoms with van der Waals surface area (Å²) in [5.41, 5.74) is 3.03. The molecule has 0 aliphatic carbocycles. The van der Waals surface area contributed by atoms with E-state index in [0.717, 1.165) is 36.2 Å². The van der Waals surface area contributed by atoms with Crippen molar-refractivity contribution in [2.45, 2.75) is 19.1 Å². The third kappa shape index (κ3) is 3.43. The number of hydrogen-bond acceptors (Lipinski definition) is 2. The van der Waals surface area contributed by atoms with Gasteiger partial charge in [0.15, 0.2) is 0 Å². The van der Waals surface area contributed by atoms with E-state index in [0.29, 0.717) is 6.61 Å². The van der Waals surface area contributed by atoms with E-state index in [1.54, 1.807) is 12.1 Å². The summed E-state index contributed by atoms with van der Waals surface area (Å²) in [6.07, 6.45) is 1.32. The minimum absolute atomic E-state index is 0.142. The van der Waals surface area contributed by atoms with Crippen LogP contribution in [0.2, 0.25) is 5.02 Å². The second-order valence-corrected chi connectivity index (χ2v) is 5.62. The van der Waals surface area contributed by atoms with Crippen molar-refractivity contribution in [3.8, 4) is 11.1 Å². The van der Waals surface area contributed by atoms with Crippen LogP contribution < -0.4 is 5.32 Å². The van der Waals surface area contributed by atoms with Gasteiger partial charge in [0.1, 0.15) is 5.82 Å². The molecular weight excluding hydrogens is 289 g/mol. The van der Waals surface area contributed by atoms with E-state index < -0.39 is 5.82 Å². The lowest BCUT2D eigenvalue weighted by Crippen LogP contribution is -2.16. The lowest BCUT2D eigenvalue weighted by Gasteiger charge is -2.14. The van der Waals surface area contributed by atoms with Gasteiger partial charge >= 0.3 is 0 Å². The highest BCUT2D eigenvalue weighted by Gasteiger charge is 2.15. The fourth-order valence-electron chi connectivity index (χ4n) is 2.57. The van der Waals surface area contributed by atoms with Crippen LogP contribution in [0.5, 0.6) is 0 Å². The fourth-order valence-corrected chi connectivity index (χ4v) is 2.75. The normalized spacial score (nSPS) is 18.1. The van der Waals surface area contributed by atoms with Gasteiger partial charge in [-0.25, -0.2) is 4.39 Å². The number of benzene rings is 2. The molecule has 1 fully saturated rings. The van der Waals surface area contributed by atoms with Gasteiger partial charge < -0.3 is 10.1 Å². The Hall–Kier alpha value is -1.42. The first-order chi connectivity index (χ1) is 10.2. The van der Waals surface area contributed by atoms with Gasteiger partial charge in [0.2, 0.25) is 0 Å². The lowest BCUT2D eigenvalue weighted by molar-refractivity contribution is 0.0545. The second kappa shape index (κ2) is 6.56. The van der Waals surface area contributed by atoms with Crippen LogP contribution in [-0.4, -0.2) is 19.2 Å². The molecular formula is C17H17ClFNO. The highest BCUT2D eigenvalue weighted by atomic mass is 35.5. The molecule has 1 aliphatic rings. The molecule has 0 aromatic heterocycles. The molecule has 1 heterocycles. The number of hydrogen-bond donors (Lipinski definition) is 1. The minimum Gasteiger partial charge on any atom is -0.372 e. The lowest BCUT2D eigenvalue weighted by atomic mass is 10.00. The van der Waals surface area contributed by atoms with Crippen LogP contribution in [0.4, 0.5) is 4.39 Å². The quantitative estimate of drug-likeness (QED) is 0.921. The van der Waals surface area contributed by atoms with E-state index in [2.05, 4.69) is 5.32 Å². The Morgan fingerprint density at radius 1 is 1.24 bits per heavy atom. The Morgan fingerprint density at radius 3 is 2.86 bits per heavy atom. The van der Waals surface area contributed by atoms with Crippen molar-refractivity contribution in [2.75, 3.05) is 13.1 Å². The molecule has 0 amide bonds. The van der Waals surface area contributed by atoms with Crippen LogP contribution in [0.3, 0.4) is 0 Å². The average Bonchev–Trinajstić information content (AvgIpc) is 3.02. The monoisotopic (exact) mass is 305 g/mol. The van der Waals surface area contributed by atoms with Crippen molar-refractivity contribution in [3.05, 3.63) is 58.9 Å². The molecule has 110 valence electrons. The summed E-state index contributed by atoms with van der Waals surface area (Å²) in [6, 6.07) is 12.8. The average molecular weight is 306 g/mol. The zero-order valence-corrected chi connectivity index (χ0v) is 12.4. The molecule has 0 bridgehead atoms. The van der Waals surface area contributed by atoms with Gasteiger partial charge in [-0.05, 0) is 41.8 Å². The second-order valence-electron chi connectivity index (χ2n) is 5.21. The topological polar surface area (TPSA) is 21.3 Å². The van der Waals surface area contributed by atoms with E-state index >= 15 is 0 Å². The van der Waals surface area contributed by atoms with Crippen molar-refractivity contribution < 1.29 is 9.13 Å². The first kappa shape index (κ1) is 14.5.